The standard InChI is InChI=1S/C14H14N2O3S/c1-20(18,19)13-7-5-12(6-8-13)16-14(17)10-3-2-4-11(15)9-10/h2-9H,15H2,1H3,(H,16,17). The average molecular weight is 290 g/mol. The van der Waals surface area contributed by atoms with Crippen molar-refractivity contribution in [2.24, 2.45) is 0 Å². The number of carbonyl (C=O) groups is 1. The predicted molar refractivity (Wildman–Crippen MR) is 78.4 cm³/mol. The Bertz CT molecular complexity index is 737. The Labute approximate surface area is 117 Å². The molecule has 0 aliphatic heterocycles. The lowest BCUT2D eigenvalue weighted by molar-refractivity contribution is 0.102. The van der Waals surface area contributed by atoms with E-state index in [9.17, 15) is 13.2 Å². The van der Waals surface area contributed by atoms with E-state index in [0.29, 0.717) is 16.9 Å². The van der Waals surface area contributed by atoms with Crippen molar-refractivity contribution in [2.45, 2.75) is 4.90 Å². The summed E-state index contributed by atoms with van der Waals surface area (Å²) in [6.45, 7) is 0. The van der Waals surface area contributed by atoms with Crippen molar-refractivity contribution in [2.75, 3.05) is 17.3 Å². The van der Waals surface area contributed by atoms with E-state index in [1.807, 2.05) is 0 Å². The summed E-state index contributed by atoms with van der Waals surface area (Å²) >= 11 is 0. The number of benzene rings is 2. The molecule has 0 saturated heterocycles. The Morgan fingerprint density at radius 2 is 1.75 bits per heavy atom. The minimum atomic E-state index is -3.24. The van der Waals surface area contributed by atoms with Gasteiger partial charge in [-0.3, -0.25) is 4.79 Å². The van der Waals surface area contributed by atoms with Crippen molar-refractivity contribution < 1.29 is 13.2 Å². The molecule has 1 amide bonds. The van der Waals surface area contributed by atoms with Gasteiger partial charge in [0, 0.05) is 23.2 Å². The van der Waals surface area contributed by atoms with Gasteiger partial charge in [-0.25, -0.2) is 8.42 Å². The Balaban J connectivity index is 2.16. The van der Waals surface area contributed by atoms with Gasteiger partial charge in [0.2, 0.25) is 0 Å². The Kier molecular flexibility index (Phi) is 3.76. The molecule has 0 aliphatic rings. The van der Waals surface area contributed by atoms with E-state index in [-0.39, 0.29) is 10.8 Å². The van der Waals surface area contributed by atoms with Gasteiger partial charge in [-0.2, -0.15) is 0 Å². The molecular formula is C14H14N2O3S. The molecule has 0 aromatic heterocycles. The number of anilines is 2. The molecule has 104 valence electrons. The van der Waals surface area contributed by atoms with E-state index in [1.165, 1.54) is 12.1 Å². The largest absolute Gasteiger partial charge is 0.399 e. The van der Waals surface area contributed by atoms with E-state index in [1.54, 1.807) is 36.4 Å². The van der Waals surface area contributed by atoms with Crippen LogP contribution in [0, 0.1) is 0 Å². The first-order valence-corrected chi connectivity index (χ1v) is 7.72. The summed E-state index contributed by atoms with van der Waals surface area (Å²) in [5.74, 6) is -0.301. The molecule has 0 unspecified atom stereocenters. The van der Waals surface area contributed by atoms with Crippen LogP contribution in [0.2, 0.25) is 0 Å². The van der Waals surface area contributed by atoms with E-state index in [4.69, 9.17) is 5.73 Å². The number of sulfone groups is 1. The molecule has 0 fully saturated rings. The number of hydrogen-bond donors (Lipinski definition) is 2. The van der Waals surface area contributed by atoms with Gasteiger partial charge >= 0.3 is 0 Å². The third kappa shape index (κ3) is 3.36. The molecule has 20 heavy (non-hydrogen) atoms. The number of rotatable bonds is 3. The highest BCUT2D eigenvalue weighted by molar-refractivity contribution is 7.90. The van der Waals surface area contributed by atoms with Crippen molar-refractivity contribution in [1.29, 1.82) is 0 Å². The number of nitrogen functional groups attached to an aromatic ring is 1. The van der Waals surface area contributed by atoms with Crippen molar-refractivity contribution in [3.8, 4) is 0 Å². The second-order valence-electron chi connectivity index (χ2n) is 4.38. The van der Waals surface area contributed by atoms with Crippen molar-refractivity contribution >= 4 is 27.1 Å². The fourth-order valence-corrected chi connectivity index (χ4v) is 2.30. The third-order valence-electron chi connectivity index (χ3n) is 2.69. The summed E-state index contributed by atoms with van der Waals surface area (Å²) in [4.78, 5) is 12.2. The van der Waals surface area contributed by atoms with Crippen molar-refractivity contribution in [1.82, 2.24) is 0 Å². The van der Waals surface area contributed by atoms with Crippen LogP contribution >= 0.6 is 0 Å². The lowest BCUT2D eigenvalue weighted by Crippen LogP contribution is -2.12. The molecule has 0 heterocycles. The molecular weight excluding hydrogens is 276 g/mol. The first kappa shape index (κ1) is 14.1. The third-order valence-corrected chi connectivity index (χ3v) is 3.82. The minimum absolute atomic E-state index is 0.208. The minimum Gasteiger partial charge on any atom is -0.399 e. The zero-order chi connectivity index (χ0) is 14.8. The molecule has 2 aromatic rings. The van der Waals surface area contributed by atoms with E-state index in [2.05, 4.69) is 5.32 Å². The maximum Gasteiger partial charge on any atom is 0.255 e. The molecule has 6 heteroatoms. The lowest BCUT2D eigenvalue weighted by atomic mass is 10.2. The Morgan fingerprint density at radius 3 is 2.30 bits per heavy atom. The number of hydrogen-bond acceptors (Lipinski definition) is 4. The zero-order valence-electron chi connectivity index (χ0n) is 10.8. The number of nitrogens with one attached hydrogen (secondary N) is 1. The van der Waals surface area contributed by atoms with Gasteiger partial charge in [0.25, 0.3) is 5.91 Å². The molecule has 0 atom stereocenters. The van der Waals surface area contributed by atoms with Gasteiger partial charge in [0.05, 0.1) is 4.90 Å². The van der Waals surface area contributed by atoms with Crippen LogP contribution in [-0.4, -0.2) is 20.6 Å². The smallest absolute Gasteiger partial charge is 0.255 e. The molecule has 0 saturated carbocycles. The van der Waals surface area contributed by atoms with Crippen molar-refractivity contribution in [3.63, 3.8) is 0 Å². The predicted octanol–water partition coefficient (Wildman–Crippen LogP) is 1.92. The van der Waals surface area contributed by atoms with E-state index < -0.39 is 9.84 Å². The number of carbonyl (C=O) groups excluding carboxylic acids is 1. The molecule has 0 spiro atoms. The van der Waals surface area contributed by atoms with Gasteiger partial charge in [0.1, 0.15) is 0 Å². The maximum absolute atomic E-state index is 12.0. The van der Waals surface area contributed by atoms with E-state index in [0.717, 1.165) is 6.26 Å². The summed E-state index contributed by atoms with van der Waals surface area (Å²) < 4.78 is 22.6. The van der Waals surface area contributed by atoms with Gasteiger partial charge in [-0.1, -0.05) is 6.07 Å². The van der Waals surface area contributed by atoms with E-state index >= 15 is 0 Å². The second kappa shape index (κ2) is 5.34. The van der Waals surface area contributed by atoms with Gasteiger partial charge < -0.3 is 11.1 Å². The molecule has 0 radical (unpaired) electrons. The SMILES string of the molecule is CS(=O)(=O)c1ccc(NC(=O)c2cccc(N)c2)cc1. The Morgan fingerprint density at radius 1 is 1.10 bits per heavy atom. The summed E-state index contributed by atoms with van der Waals surface area (Å²) in [5, 5.41) is 2.67. The van der Waals surface area contributed by atoms with Crippen LogP contribution in [0.1, 0.15) is 10.4 Å². The molecule has 2 rings (SSSR count). The van der Waals surface area contributed by atoms with Crippen LogP contribution in [0.25, 0.3) is 0 Å². The lowest BCUT2D eigenvalue weighted by Gasteiger charge is -2.06. The Hall–Kier alpha value is -2.34. The van der Waals surface area contributed by atoms with Crippen LogP contribution in [0.3, 0.4) is 0 Å². The summed E-state index contributed by atoms with van der Waals surface area (Å²) in [6, 6.07) is 12.6. The highest BCUT2D eigenvalue weighted by atomic mass is 32.2. The maximum atomic E-state index is 12.0. The number of nitrogens with two attached hydrogens (primary N) is 1. The monoisotopic (exact) mass is 290 g/mol. The molecule has 0 aliphatic carbocycles. The van der Waals surface area contributed by atoms with Gasteiger partial charge in [-0.15, -0.1) is 0 Å². The fraction of sp³-hybridized carbons (Fsp3) is 0.0714. The normalized spacial score (nSPS) is 11.1. The van der Waals surface area contributed by atoms with Crippen molar-refractivity contribution in [3.05, 3.63) is 54.1 Å². The highest BCUT2D eigenvalue weighted by Gasteiger charge is 2.09. The molecule has 3 N–H and O–H groups in total. The quantitative estimate of drug-likeness (QED) is 0.845. The summed E-state index contributed by atoms with van der Waals surface area (Å²) in [7, 11) is -3.24. The molecule has 0 bridgehead atoms. The number of amides is 1. The topological polar surface area (TPSA) is 89.3 Å². The van der Waals surface area contributed by atoms with Gasteiger partial charge in [0.15, 0.2) is 9.84 Å². The van der Waals surface area contributed by atoms with Crippen LogP contribution in [0.5, 0.6) is 0 Å². The van der Waals surface area contributed by atoms with Crippen LogP contribution in [-0.2, 0) is 9.84 Å². The fourth-order valence-electron chi connectivity index (χ4n) is 1.67. The first-order valence-electron chi connectivity index (χ1n) is 5.83. The summed E-state index contributed by atoms with van der Waals surface area (Å²) in [5.41, 5.74) is 7.08. The van der Waals surface area contributed by atoms with Gasteiger partial charge in [-0.05, 0) is 42.5 Å². The second-order valence-corrected chi connectivity index (χ2v) is 6.39. The van der Waals surface area contributed by atoms with Crippen LogP contribution in [0.4, 0.5) is 11.4 Å². The zero-order valence-corrected chi connectivity index (χ0v) is 11.6. The van der Waals surface area contributed by atoms with Crippen LogP contribution < -0.4 is 11.1 Å². The highest BCUT2D eigenvalue weighted by Crippen LogP contribution is 2.15. The first-order chi connectivity index (χ1) is 9.36. The van der Waals surface area contributed by atoms with Crippen LogP contribution in [0.15, 0.2) is 53.4 Å². The molecule has 2 aromatic carbocycles. The molecule has 5 nitrogen and oxygen atoms in total. The summed E-state index contributed by atoms with van der Waals surface area (Å²) in [6.07, 6.45) is 1.13. The average Bonchev–Trinajstić information content (AvgIpc) is 2.38.